The van der Waals surface area contributed by atoms with Crippen LogP contribution < -0.4 is 10.6 Å². The minimum Gasteiger partial charge on any atom is -0.385 e. The van der Waals surface area contributed by atoms with E-state index in [2.05, 4.69) is 46.8 Å². The van der Waals surface area contributed by atoms with Gasteiger partial charge in [0.05, 0.1) is 19.3 Å². The van der Waals surface area contributed by atoms with E-state index in [1.54, 1.807) is 7.11 Å². The molecular weight excluding hydrogens is 417 g/mol. The van der Waals surface area contributed by atoms with Gasteiger partial charge in [-0.3, -0.25) is 0 Å². The van der Waals surface area contributed by atoms with Crippen LogP contribution in [-0.2, 0) is 22.6 Å². The third kappa shape index (κ3) is 10.8. The molecule has 0 bridgehead atoms. The van der Waals surface area contributed by atoms with Gasteiger partial charge in [-0.2, -0.15) is 0 Å². The van der Waals surface area contributed by atoms with Crippen molar-refractivity contribution in [1.29, 1.82) is 0 Å². The fraction of sp³-hybridized carbons (Fsp3) is 0.611. The standard InChI is InChI=1S/C18H31N3O2.HI/c1-5-19-18(20-11-6-12-22-4)21-13-16-7-9-17(10-8-16)14-23-15(2)3;/h7-10,15H,5-6,11-14H2,1-4H3,(H2,19,20,21);1H. The molecule has 0 aliphatic heterocycles. The van der Waals surface area contributed by atoms with Crippen molar-refractivity contribution in [3.63, 3.8) is 0 Å². The molecular formula is C18H32IN3O2. The van der Waals surface area contributed by atoms with E-state index >= 15 is 0 Å². The number of hydrogen-bond acceptors (Lipinski definition) is 3. The Morgan fingerprint density at radius 3 is 2.38 bits per heavy atom. The number of aliphatic imine (C=N–C) groups is 1. The van der Waals surface area contributed by atoms with Crippen LogP contribution in [-0.4, -0.2) is 38.9 Å². The Kier molecular flexibility index (Phi) is 14.0. The van der Waals surface area contributed by atoms with Crippen LogP contribution in [0.4, 0.5) is 0 Å². The number of methoxy groups -OCH3 is 1. The van der Waals surface area contributed by atoms with Gasteiger partial charge in [0.25, 0.3) is 0 Å². The molecule has 0 radical (unpaired) electrons. The molecule has 0 aliphatic carbocycles. The summed E-state index contributed by atoms with van der Waals surface area (Å²) in [5.41, 5.74) is 2.38. The lowest BCUT2D eigenvalue weighted by molar-refractivity contribution is 0.0657. The maximum Gasteiger partial charge on any atom is 0.191 e. The van der Waals surface area contributed by atoms with Crippen LogP contribution in [0.15, 0.2) is 29.3 Å². The molecule has 0 saturated heterocycles. The van der Waals surface area contributed by atoms with Crippen molar-refractivity contribution in [2.45, 2.75) is 46.4 Å². The number of halogens is 1. The second-order valence-electron chi connectivity index (χ2n) is 5.64. The lowest BCUT2D eigenvalue weighted by Gasteiger charge is -2.11. The second kappa shape index (κ2) is 14.5. The summed E-state index contributed by atoms with van der Waals surface area (Å²) in [6.45, 7) is 9.93. The quantitative estimate of drug-likeness (QED) is 0.249. The normalized spacial score (nSPS) is 11.3. The molecule has 0 saturated carbocycles. The van der Waals surface area contributed by atoms with Crippen LogP contribution >= 0.6 is 24.0 Å². The fourth-order valence-electron chi connectivity index (χ4n) is 1.94. The van der Waals surface area contributed by atoms with E-state index < -0.39 is 0 Å². The van der Waals surface area contributed by atoms with Crippen LogP contribution in [0.25, 0.3) is 0 Å². The maximum absolute atomic E-state index is 5.60. The summed E-state index contributed by atoms with van der Waals surface area (Å²) in [4.78, 5) is 4.61. The minimum atomic E-state index is 0. The van der Waals surface area contributed by atoms with E-state index in [0.717, 1.165) is 32.1 Å². The zero-order valence-electron chi connectivity index (χ0n) is 15.3. The summed E-state index contributed by atoms with van der Waals surface area (Å²) in [7, 11) is 1.72. The van der Waals surface area contributed by atoms with Gasteiger partial charge in [0.2, 0.25) is 0 Å². The first kappa shape index (κ1) is 23.1. The van der Waals surface area contributed by atoms with Gasteiger partial charge in [-0.15, -0.1) is 24.0 Å². The highest BCUT2D eigenvalue weighted by atomic mass is 127. The number of benzene rings is 1. The summed E-state index contributed by atoms with van der Waals surface area (Å²) in [6.07, 6.45) is 1.22. The molecule has 1 aromatic rings. The molecule has 0 atom stereocenters. The molecule has 6 heteroatoms. The third-order valence-electron chi connectivity index (χ3n) is 3.19. The van der Waals surface area contributed by atoms with Crippen LogP contribution in [0.5, 0.6) is 0 Å². The van der Waals surface area contributed by atoms with Gasteiger partial charge in [-0.25, -0.2) is 4.99 Å². The Morgan fingerprint density at radius 1 is 1.12 bits per heavy atom. The lowest BCUT2D eigenvalue weighted by Crippen LogP contribution is -2.38. The lowest BCUT2D eigenvalue weighted by atomic mass is 10.1. The highest BCUT2D eigenvalue weighted by Crippen LogP contribution is 2.08. The van der Waals surface area contributed by atoms with E-state index in [0.29, 0.717) is 13.2 Å². The monoisotopic (exact) mass is 449 g/mol. The molecule has 1 rings (SSSR count). The zero-order chi connectivity index (χ0) is 16.9. The maximum atomic E-state index is 5.60. The second-order valence-corrected chi connectivity index (χ2v) is 5.64. The molecule has 0 fully saturated rings. The van der Waals surface area contributed by atoms with Gasteiger partial charge in [0, 0.05) is 26.8 Å². The SMILES string of the molecule is CCNC(=NCc1ccc(COC(C)C)cc1)NCCCOC.I. The molecule has 0 aromatic heterocycles. The van der Waals surface area contributed by atoms with Gasteiger partial charge in [0.15, 0.2) is 5.96 Å². The van der Waals surface area contributed by atoms with Gasteiger partial charge in [-0.05, 0) is 38.3 Å². The van der Waals surface area contributed by atoms with E-state index in [4.69, 9.17) is 9.47 Å². The van der Waals surface area contributed by atoms with Crippen molar-refractivity contribution in [1.82, 2.24) is 10.6 Å². The Labute approximate surface area is 163 Å². The highest BCUT2D eigenvalue weighted by molar-refractivity contribution is 14.0. The Bertz CT molecular complexity index is 450. The van der Waals surface area contributed by atoms with Crippen LogP contribution in [0.2, 0.25) is 0 Å². The van der Waals surface area contributed by atoms with E-state index in [-0.39, 0.29) is 30.1 Å². The molecule has 0 spiro atoms. The smallest absolute Gasteiger partial charge is 0.191 e. The van der Waals surface area contributed by atoms with Crippen molar-refractivity contribution in [3.05, 3.63) is 35.4 Å². The topological polar surface area (TPSA) is 54.9 Å². The number of nitrogens with zero attached hydrogens (tertiary/aromatic N) is 1. The molecule has 138 valence electrons. The number of hydrogen-bond donors (Lipinski definition) is 2. The molecule has 2 N–H and O–H groups in total. The number of guanidine groups is 1. The average molecular weight is 449 g/mol. The number of rotatable bonds is 10. The summed E-state index contributed by atoms with van der Waals surface area (Å²) in [5.74, 6) is 0.843. The van der Waals surface area contributed by atoms with Crippen molar-refractivity contribution in [2.24, 2.45) is 4.99 Å². The Hall–Kier alpha value is -0.860. The first-order chi connectivity index (χ1) is 11.2. The van der Waals surface area contributed by atoms with Crippen molar-refractivity contribution in [2.75, 3.05) is 26.8 Å². The van der Waals surface area contributed by atoms with Gasteiger partial charge in [0.1, 0.15) is 0 Å². The van der Waals surface area contributed by atoms with Crippen molar-refractivity contribution in [3.8, 4) is 0 Å². The van der Waals surface area contributed by atoms with Crippen LogP contribution in [0.3, 0.4) is 0 Å². The van der Waals surface area contributed by atoms with Crippen molar-refractivity contribution >= 4 is 29.9 Å². The summed E-state index contributed by atoms with van der Waals surface area (Å²) in [6, 6.07) is 8.42. The van der Waals surface area contributed by atoms with E-state index in [1.165, 1.54) is 11.1 Å². The van der Waals surface area contributed by atoms with Gasteiger partial charge >= 0.3 is 0 Å². The summed E-state index contributed by atoms with van der Waals surface area (Å²) < 4.78 is 10.7. The Balaban J connectivity index is 0.00000529. The predicted octanol–water partition coefficient (Wildman–Crippen LogP) is 3.32. The molecule has 1 aromatic carbocycles. The minimum absolute atomic E-state index is 0. The largest absolute Gasteiger partial charge is 0.385 e. The predicted molar refractivity (Wildman–Crippen MR) is 111 cm³/mol. The highest BCUT2D eigenvalue weighted by Gasteiger charge is 1.99. The first-order valence-corrected chi connectivity index (χ1v) is 8.36. The molecule has 5 nitrogen and oxygen atoms in total. The summed E-state index contributed by atoms with van der Waals surface area (Å²) >= 11 is 0. The van der Waals surface area contributed by atoms with E-state index in [1.807, 2.05) is 13.8 Å². The van der Waals surface area contributed by atoms with Crippen LogP contribution in [0.1, 0.15) is 38.3 Å². The number of ether oxygens (including phenoxy) is 2. The molecule has 0 heterocycles. The van der Waals surface area contributed by atoms with Gasteiger partial charge < -0.3 is 20.1 Å². The number of nitrogens with one attached hydrogen (secondary N) is 2. The Morgan fingerprint density at radius 2 is 1.79 bits per heavy atom. The third-order valence-corrected chi connectivity index (χ3v) is 3.19. The fourth-order valence-corrected chi connectivity index (χ4v) is 1.94. The molecule has 0 aliphatic rings. The van der Waals surface area contributed by atoms with Crippen molar-refractivity contribution < 1.29 is 9.47 Å². The van der Waals surface area contributed by atoms with Crippen LogP contribution in [0, 0.1) is 0 Å². The first-order valence-electron chi connectivity index (χ1n) is 8.36. The van der Waals surface area contributed by atoms with Gasteiger partial charge in [-0.1, -0.05) is 24.3 Å². The molecule has 0 unspecified atom stereocenters. The average Bonchev–Trinajstić information content (AvgIpc) is 2.55. The van der Waals surface area contributed by atoms with E-state index in [9.17, 15) is 0 Å². The molecule has 0 amide bonds. The molecule has 24 heavy (non-hydrogen) atoms. The zero-order valence-corrected chi connectivity index (χ0v) is 17.6. The summed E-state index contributed by atoms with van der Waals surface area (Å²) in [5, 5.41) is 6.56.